The highest BCUT2D eigenvalue weighted by Gasteiger charge is 2.47. The molecule has 1 unspecified atom stereocenters. The summed E-state index contributed by atoms with van der Waals surface area (Å²) in [6, 6.07) is 6.18. The number of rotatable bonds is 18. The van der Waals surface area contributed by atoms with Crippen LogP contribution in [-0.4, -0.2) is 57.8 Å². The van der Waals surface area contributed by atoms with E-state index >= 15 is 0 Å². The molecule has 0 fully saturated rings. The first kappa shape index (κ1) is 30.8. The van der Waals surface area contributed by atoms with Crippen molar-refractivity contribution in [3.63, 3.8) is 0 Å². The molecule has 6 nitrogen and oxygen atoms in total. The number of aldehydes is 1. The Labute approximate surface area is 225 Å². The molecule has 0 spiro atoms. The van der Waals surface area contributed by atoms with Gasteiger partial charge in [0.25, 0.3) is 0 Å². The van der Waals surface area contributed by atoms with Crippen molar-refractivity contribution in [2.75, 3.05) is 46.6 Å². The van der Waals surface area contributed by atoms with Crippen molar-refractivity contribution in [1.29, 1.82) is 0 Å². The van der Waals surface area contributed by atoms with Gasteiger partial charge in [-0.1, -0.05) is 13.8 Å². The minimum atomic E-state index is -0.226. The van der Waals surface area contributed by atoms with E-state index in [1.165, 1.54) is 5.56 Å². The Hall–Kier alpha value is -2.47. The van der Waals surface area contributed by atoms with E-state index in [9.17, 15) is 4.79 Å². The van der Waals surface area contributed by atoms with Crippen LogP contribution in [0.2, 0.25) is 0 Å². The molecule has 6 heteroatoms. The van der Waals surface area contributed by atoms with Gasteiger partial charge in [0.1, 0.15) is 29.3 Å². The van der Waals surface area contributed by atoms with Crippen LogP contribution in [0, 0.1) is 17.3 Å². The van der Waals surface area contributed by atoms with E-state index in [4.69, 9.17) is 18.9 Å². The molecule has 0 heterocycles. The Morgan fingerprint density at radius 1 is 0.919 bits per heavy atom. The Bertz CT molecular complexity index is 869. The number of hydrogen-bond donors (Lipinski definition) is 0. The van der Waals surface area contributed by atoms with Crippen LogP contribution in [-0.2, 0) is 20.7 Å². The number of carbonyl (C=O) groups is 1. The van der Waals surface area contributed by atoms with E-state index in [-0.39, 0.29) is 11.3 Å². The molecule has 0 radical (unpaired) electrons. The first-order valence-electron chi connectivity index (χ1n) is 14.1. The van der Waals surface area contributed by atoms with Gasteiger partial charge in [-0.2, -0.15) is 0 Å². The number of ether oxygens (including phenoxy) is 4. The molecule has 0 saturated heterocycles. The monoisotopic (exact) mass is 515 g/mol. The third kappa shape index (κ3) is 8.53. The Morgan fingerprint density at radius 3 is 2.08 bits per heavy atom. The smallest absolute Gasteiger partial charge is 0.123 e. The largest absolute Gasteiger partial charge is 0.497 e. The van der Waals surface area contributed by atoms with Crippen LogP contribution in [0.3, 0.4) is 0 Å². The van der Waals surface area contributed by atoms with Crippen molar-refractivity contribution in [2.24, 2.45) is 17.3 Å². The van der Waals surface area contributed by atoms with Gasteiger partial charge in [-0.25, -0.2) is 0 Å². The fraction of sp³-hybridized carbons (Fsp3) is 0.645. The second-order valence-corrected chi connectivity index (χ2v) is 9.98. The Kier molecular flexibility index (Phi) is 13.1. The van der Waals surface area contributed by atoms with E-state index in [2.05, 4.69) is 50.1 Å². The van der Waals surface area contributed by atoms with Gasteiger partial charge in [0.2, 0.25) is 0 Å². The summed E-state index contributed by atoms with van der Waals surface area (Å²) in [6.07, 6.45) is 8.58. The second kappa shape index (κ2) is 15.7. The van der Waals surface area contributed by atoms with Gasteiger partial charge in [-0.15, -0.1) is 0 Å². The maximum Gasteiger partial charge on any atom is 0.123 e. The minimum Gasteiger partial charge on any atom is -0.497 e. The topological polar surface area (TPSA) is 57.2 Å². The highest BCUT2D eigenvalue weighted by Crippen LogP contribution is 2.52. The molecule has 37 heavy (non-hydrogen) atoms. The van der Waals surface area contributed by atoms with Gasteiger partial charge in [0.15, 0.2) is 0 Å². The summed E-state index contributed by atoms with van der Waals surface area (Å²) in [4.78, 5) is 14.1. The summed E-state index contributed by atoms with van der Waals surface area (Å²) in [5.74, 6) is 3.87. The van der Waals surface area contributed by atoms with Gasteiger partial charge < -0.3 is 28.6 Å². The van der Waals surface area contributed by atoms with E-state index in [0.717, 1.165) is 61.7 Å². The van der Waals surface area contributed by atoms with Crippen LogP contribution < -0.4 is 9.47 Å². The second-order valence-electron chi connectivity index (χ2n) is 9.98. The summed E-state index contributed by atoms with van der Waals surface area (Å²) < 4.78 is 23.5. The molecule has 0 aliphatic heterocycles. The average molecular weight is 516 g/mol. The van der Waals surface area contributed by atoms with E-state index < -0.39 is 0 Å². The zero-order chi connectivity index (χ0) is 27.3. The average Bonchev–Trinajstić information content (AvgIpc) is 2.85. The third-order valence-corrected chi connectivity index (χ3v) is 7.22. The summed E-state index contributed by atoms with van der Waals surface area (Å²) in [5, 5.41) is 0. The summed E-state index contributed by atoms with van der Waals surface area (Å²) in [6.45, 7) is 16.8. The molecule has 0 saturated carbocycles. The normalized spacial score (nSPS) is 19.4. The van der Waals surface area contributed by atoms with Crippen molar-refractivity contribution in [1.82, 2.24) is 4.90 Å². The van der Waals surface area contributed by atoms with Gasteiger partial charge in [-0.3, -0.25) is 0 Å². The lowest BCUT2D eigenvalue weighted by Gasteiger charge is -2.46. The van der Waals surface area contributed by atoms with Crippen LogP contribution in [0.5, 0.6) is 11.5 Å². The number of benzene rings is 1. The molecule has 208 valence electrons. The molecule has 2 atom stereocenters. The lowest BCUT2D eigenvalue weighted by molar-refractivity contribution is -0.109. The molecule has 0 aromatic heterocycles. The molecule has 0 N–H and O–H groups in total. The predicted octanol–water partition coefficient (Wildman–Crippen LogP) is 6.44. The standard InChI is InChI=1S/C31H49NO5/c1-8-34-27-19-25(20-28(22-27)35-9-2)13-17-32(7)16-12-15-31(24(5)6)26(14-18-33)21-29(36-10-3)23-30(31)37-11-4/h18-24,26H,8-17H2,1-7H3/t26-,31?/m0/s1. The SMILES string of the molecule is CCOC1=C[C@H](CC=O)C(CCCN(C)CCc2cc(OCC)cc(OCC)c2)(C(C)C)C(OCC)=C1. The van der Waals surface area contributed by atoms with Gasteiger partial charge >= 0.3 is 0 Å². The van der Waals surface area contributed by atoms with E-state index in [1.807, 2.05) is 33.8 Å². The molecular formula is C31H49NO5. The number of allylic oxidation sites excluding steroid dienone is 3. The number of nitrogens with zero attached hydrogens (tertiary/aromatic N) is 1. The predicted molar refractivity (Wildman–Crippen MR) is 150 cm³/mol. The van der Waals surface area contributed by atoms with Crippen LogP contribution in [0.4, 0.5) is 0 Å². The van der Waals surface area contributed by atoms with Crippen molar-refractivity contribution in [2.45, 2.75) is 67.2 Å². The summed E-state index contributed by atoms with van der Waals surface area (Å²) >= 11 is 0. The van der Waals surface area contributed by atoms with Gasteiger partial charge in [0, 0.05) is 36.4 Å². The summed E-state index contributed by atoms with van der Waals surface area (Å²) in [5.41, 5.74) is 0.990. The van der Waals surface area contributed by atoms with E-state index in [1.54, 1.807) is 0 Å². The molecule has 2 rings (SSSR count). The maximum absolute atomic E-state index is 11.7. The first-order valence-corrected chi connectivity index (χ1v) is 14.1. The molecule has 0 amide bonds. The highest BCUT2D eigenvalue weighted by atomic mass is 16.5. The summed E-state index contributed by atoms with van der Waals surface area (Å²) in [7, 11) is 2.17. The zero-order valence-corrected chi connectivity index (χ0v) is 24.2. The van der Waals surface area contributed by atoms with Crippen LogP contribution in [0.15, 0.2) is 41.9 Å². The Morgan fingerprint density at radius 2 is 1.54 bits per heavy atom. The lowest BCUT2D eigenvalue weighted by Crippen LogP contribution is -2.41. The molecule has 1 aromatic rings. The van der Waals surface area contributed by atoms with Crippen LogP contribution in [0.25, 0.3) is 0 Å². The van der Waals surface area contributed by atoms with E-state index in [0.29, 0.717) is 38.8 Å². The molecule has 1 aromatic carbocycles. The minimum absolute atomic E-state index is 0.0571. The quantitative estimate of drug-likeness (QED) is 0.210. The fourth-order valence-corrected chi connectivity index (χ4v) is 5.47. The van der Waals surface area contributed by atoms with Gasteiger partial charge in [0.05, 0.1) is 26.4 Å². The molecular weight excluding hydrogens is 466 g/mol. The van der Waals surface area contributed by atoms with Crippen molar-refractivity contribution in [3.8, 4) is 11.5 Å². The highest BCUT2D eigenvalue weighted by molar-refractivity contribution is 5.52. The maximum atomic E-state index is 11.7. The first-order chi connectivity index (χ1) is 17.8. The molecule has 1 aliphatic rings. The number of hydrogen-bond acceptors (Lipinski definition) is 6. The van der Waals surface area contributed by atoms with Crippen molar-refractivity contribution >= 4 is 6.29 Å². The number of carbonyl (C=O) groups excluding carboxylic acids is 1. The molecule has 1 aliphatic carbocycles. The van der Waals surface area contributed by atoms with Crippen LogP contribution >= 0.6 is 0 Å². The number of likely N-dealkylation sites (N-methyl/N-ethyl adjacent to an activating group) is 1. The van der Waals surface area contributed by atoms with Gasteiger partial charge in [-0.05, 0) is 90.2 Å². The third-order valence-electron chi connectivity index (χ3n) is 7.22. The van der Waals surface area contributed by atoms with Crippen molar-refractivity contribution < 1.29 is 23.7 Å². The lowest BCUT2D eigenvalue weighted by atomic mass is 9.61. The zero-order valence-electron chi connectivity index (χ0n) is 24.2. The fourth-order valence-electron chi connectivity index (χ4n) is 5.47. The van der Waals surface area contributed by atoms with Crippen molar-refractivity contribution in [3.05, 3.63) is 47.4 Å². The van der Waals surface area contributed by atoms with Crippen LogP contribution in [0.1, 0.15) is 66.4 Å². The Balaban J connectivity index is 2.10. The molecule has 0 bridgehead atoms.